The molecule has 0 spiro atoms. The van der Waals surface area contributed by atoms with Crippen LogP contribution in [0.1, 0.15) is 0 Å². The summed E-state index contributed by atoms with van der Waals surface area (Å²) in [5, 5.41) is 0.371. The van der Waals surface area contributed by atoms with Crippen molar-refractivity contribution in [1.29, 1.82) is 0 Å². The summed E-state index contributed by atoms with van der Waals surface area (Å²) in [6, 6.07) is 5.09. The summed E-state index contributed by atoms with van der Waals surface area (Å²) in [5.74, 6) is -0.667. The lowest BCUT2D eigenvalue weighted by Crippen LogP contribution is -2.24. The van der Waals surface area contributed by atoms with Gasteiger partial charge in [-0.05, 0) is 18.2 Å². The van der Waals surface area contributed by atoms with Crippen LogP contribution < -0.4 is 11.4 Å². The van der Waals surface area contributed by atoms with Crippen molar-refractivity contribution in [2.24, 2.45) is 0 Å². The molecule has 2 rings (SSSR count). The SMILES string of the molecule is C=CCn1c(=O)oc(=O)c2cc(Br)ccc21. The van der Waals surface area contributed by atoms with Gasteiger partial charge in [0.1, 0.15) is 0 Å². The molecule has 0 aliphatic rings. The highest BCUT2D eigenvalue weighted by Crippen LogP contribution is 2.15. The van der Waals surface area contributed by atoms with Gasteiger partial charge in [0.05, 0.1) is 10.9 Å². The number of halogens is 1. The first-order valence-electron chi connectivity index (χ1n) is 4.57. The molecule has 1 aromatic carbocycles. The van der Waals surface area contributed by atoms with Gasteiger partial charge in [-0.3, -0.25) is 4.57 Å². The van der Waals surface area contributed by atoms with Crippen LogP contribution in [-0.2, 0) is 6.54 Å². The molecule has 0 fully saturated rings. The van der Waals surface area contributed by atoms with Crippen LogP contribution in [0.5, 0.6) is 0 Å². The maximum absolute atomic E-state index is 11.5. The zero-order valence-corrected chi connectivity index (χ0v) is 9.86. The van der Waals surface area contributed by atoms with Crippen molar-refractivity contribution in [3.05, 3.63) is 56.3 Å². The van der Waals surface area contributed by atoms with Gasteiger partial charge in [0, 0.05) is 11.0 Å². The Balaban J connectivity index is 2.95. The molecule has 0 bridgehead atoms. The van der Waals surface area contributed by atoms with Gasteiger partial charge in [-0.25, -0.2) is 9.59 Å². The summed E-state index contributed by atoms with van der Waals surface area (Å²) in [6.07, 6.45) is 1.57. The van der Waals surface area contributed by atoms with E-state index >= 15 is 0 Å². The number of nitrogens with zero attached hydrogens (tertiary/aromatic N) is 1. The van der Waals surface area contributed by atoms with Gasteiger partial charge in [-0.2, -0.15) is 0 Å². The smallest absolute Gasteiger partial charge is 0.372 e. The van der Waals surface area contributed by atoms with E-state index in [1.54, 1.807) is 24.3 Å². The summed E-state index contributed by atoms with van der Waals surface area (Å²) < 4.78 is 6.73. The van der Waals surface area contributed by atoms with Gasteiger partial charge in [0.15, 0.2) is 0 Å². The summed E-state index contributed by atoms with van der Waals surface area (Å²) in [6.45, 7) is 3.86. The van der Waals surface area contributed by atoms with Crippen LogP contribution in [0, 0.1) is 0 Å². The van der Waals surface area contributed by atoms with E-state index in [9.17, 15) is 9.59 Å². The number of fused-ring (bicyclic) bond motifs is 1. The minimum absolute atomic E-state index is 0.306. The van der Waals surface area contributed by atoms with E-state index in [0.717, 1.165) is 4.47 Å². The number of hydrogen-bond acceptors (Lipinski definition) is 3. The third kappa shape index (κ3) is 1.74. The number of aromatic nitrogens is 1. The van der Waals surface area contributed by atoms with E-state index in [4.69, 9.17) is 0 Å². The summed E-state index contributed by atoms with van der Waals surface area (Å²) in [4.78, 5) is 22.9. The van der Waals surface area contributed by atoms with Crippen LogP contribution in [0.3, 0.4) is 0 Å². The Morgan fingerprint density at radius 2 is 2.19 bits per heavy atom. The van der Waals surface area contributed by atoms with Crippen molar-refractivity contribution in [1.82, 2.24) is 4.57 Å². The van der Waals surface area contributed by atoms with Crippen molar-refractivity contribution in [2.45, 2.75) is 6.54 Å². The largest absolute Gasteiger partial charge is 0.422 e. The fourth-order valence-electron chi connectivity index (χ4n) is 1.50. The molecule has 4 nitrogen and oxygen atoms in total. The molecule has 2 aromatic rings. The highest BCUT2D eigenvalue weighted by Gasteiger charge is 2.08. The first-order chi connectivity index (χ1) is 7.63. The molecule has 1 heterocycles. The Bertz CT molecular complexity index is 669. The second kappa shape index (κ2) is 4.09. The molecule has 0 radical (unpaired) electrons. The van der Waals surface area contributed by atoms with Crippen molar-refractivity contribution in [3.63, 3.8) is 0 Å². The van der Waals surface area contributed by atoms with E-state index in [-0.39, 0.29) is 0 Å². The first kappa shape index (κ1) is 10.9. The average Bonchev–Trinajstić information content (AvgIpc) is 2.24. The van der Waals surface area contributed by atoms with Crippen molar-refractivity contribution < 1.29 is 4.42 Å². The standard InChI is InChI=1S/C11H8BrNO3/c1-2-5-13-9-4-3-7(12)6-8(9)10(14)16-11(13)15/h2-4,6H,1,5H2. The molecule has 0 saturated heterocycles. The fraction of sp³-hybridized carbons (Fsp3) is 0.0909. The molecule has 82 valence electrons. The van der Waals surface area contributed by atoms with Crippen LogP contribution in [0.2, 0.25) is 0 Å². The fourth-order valence-corrected chi connectivity index (χ4v) is 1.86. The molecule has 0 atom stereocenters. The zero-order valence-electron chi connectivity index (χ0n) is 8.27. The molecule has 0 unspecified atom stereocenters. The summed E-state index contributed by atoms with van der Waals surface area (Å²) >= 11 is 3.26. The van der Waals surface area contributed by atoms with Crippen LogP contribution >= 0.6 is 15.9 Å². The van der Waals surface area contributed by atoms with Crippen LogP contribution in [0.4, 0.5) is 0 Å². The second-order valence-electron chi connectivity index (χ2n) is 3.22. The zero-order chi connectivity index (χ0) is 11.7. The van der Waals surface area contributed by atoms with Gasteiger partial charge in [0.2, 0.25) is 0 Å². The van der Waals surface area contributed by atoms with Gasteiger partial charge < -0.3 is 4.42 Å². The summed E-state index contributed by atoms with van der Waals surface area (Å²) in [5.41, 5.74) is -0.0778. The normalized spacial score (nSPS) is 10.6. The molecule has 0 aliphatic carbocycles. The first-order valence-corrected chi connectivity index (χ1v) is 5.37. The van der Waals surface area contributed by atoms with Gasteiger partial charge in [0.25, 0.3) is 0 Å². The van der Waals surface area contributed by atoms with Crippen molar-refractivity contribution >= 4 is 26.8 Å². The molecule has 1 aromatic heterocycles. The average molecular weight is 282 g/mol. The van der Waals surface area contributed by atoms with Gasteiger partial charge in [-0.1, -0.05) is 22.0 Å². The lowest BCUT2D eigenvalue weighted by Gasteiger charge is -2.05. The molecule has 0 aliphatic heterocycles. The Morgan fingerprint density at radius 3 is 2.88 bits per heavy atom. The number of rotatable bonds is 2. The van der Waals surface area contributed by atoms with Gasteiger partial charge >= 0.3 is 11.4 Å². The molecule has 16 heavy (non-hydrogen) atoms. The molecular formula is C11H8BrNO3. The quantitative estimate of drug-likeness (QED) is 0.790. The van der Waals surface area contributed by atoms with E-state index < -0.39 is 11.4 Å². The van der Waals surface area contributed by atoms with Crippen LogP contribution in [-0.4, -0.2) is 4.57 Å². The lowest BCUT2D eigenvalue weighted by atomic mass is 10.2. The topological polar surface area (TPSA) is 52.2 Å². The van der Waals surface area contributed by atoms with E-state index in [1.165, 1.54) is 4.57 Å². The maximum Gasteiger partial charge on any atom is 0.422 e. The van der Waals surface area contributed by atoms with Gasteiger partial charge in [-0.15, -0.1) is 6.58 Å². The monoisotopic (exact) mass is 281 g/mol. The predicted molar refractivity (Wildman–Crippen MR) is 64.6 cm³/mol. The van der Waals surface area contributed by atoms with Crippen LogP contribution in [0.25, 0.3) is 10.9 Å². The number of hydrogen-bond donors (Lipinski definition) is 0. The Labute approximate surface area is 98.9 Å². The van der Waals surface area contributed by atoms with E-state index in [0.29, 0.717) is 17.4 Å². The lowest BCUT2D eigenvalue weighted by molar-refractivity contribution is 0.426. The summed E-state index contributed by atoms with van der Waals surface area (Å²) in [7, 11) is 0. The van der Waals surface area contributed by atoms with Crippen molar-refractivity contribution in [2.75, 3.05) is 0 Å². The Hall–Kier alpha value is -1.62. The molecular weight excluding hydrogens is 274 g/mol. The molecule has 0 saturated carbocycles. The number of allylic oxidation sites excluding steroid dienone is 1. The van der Waals surface area contributed by atoms with E-state index in [2.05, 4.69) is 26.9 Å². The molecule has 0 N–H and O–H groups in total. The number of benzene rings is 1. The minimum Gasteiger partial charge on any atom is -0.372 e. The maximum atomic E-state index is 11.5. The predicted octanol–water partition coefficient (Wildman–Crippen LogP) is 1.90. The third-order valence-electron chi connectivity index (χ3n) is 2.18. The Morgan fingerprint density at radius 1 is 1.44 bits per heavy atom. The minimum atomic E-state index is -0.667. The van der Waals surface area contributed by atoms with Crippen LogP contribution in [0.15, 0.2) is 49.3 Å². The second-order valence-corrected chi connectivity index (χ2v) is 4.13. The molecule has 0 amide bonds. The third-order valence-corrected chi connectivity index (χ3v) is 2.67. The van der Waals surface area contributed by atoms with E-state index in [1.807, 2.05) is 0 Å². The van der Waals surface area contributed by atoms with Crippen molar-refractivity contribution in [3.8, 4) is 0 Å². The highest BCUT2D eigenvalue weighted by atomic mass is 79.9. The highest BCUT2D eigenvalue weighted by molar-refractivity contribution is 9.10. The Kier molecular flexibility index (Phi) is 2.78. The molecule has 5 heteroatoms.